The molecular weight excluding hydrogens is 264 g/mol. The van der Waals surface area contributed by atoms with E-state index in [1.54, 1.807) is 4.90 Å². The first-order valence-electron chi connectivity index (χ1n) is 6.15. The molecule has 0 aliphatic carbocycles. The molecule has 0 saturated carbocycles. The molecule has 4 N–H and O–H groups in total. The maximum absolute atomic E-state index is 12.1. The van der Waals surface area contributed by atoms with Crippen LogP contribution in [0, 0.1) is 0 Å². The van der Waals surface area contributed by atoms with Crippen LogP contribution in [0.3, 0.4) is 0 Å². The van der Waals surface area contributed by atoms with Crippen molar-refractivity contribution in [2.45, 2.75) is 6.04 Å². The van der Waals surface area contributed by atoms with Crippen molar-refractivity contribution >= 4 is 11.7 Å². The number of phenolic OH excluding ortho intramolecular Hbond substituents is 2. The van der Waals surface area contributed by atoms with Crippen LogP contribution in [0.2, 0.25) is 0 Å². The lowest BCUT2D eigenvalue weighted by Crippen LogP contribution is -2.53. The summed E-state index contributed by atoms with van der Waals surface area (Å²) in [6.45, 7) is 0.941. The smallest absolute Gasteiger partial charge is 0.237 e. The van der Waals surface area contributed by atoms with Crippen molar-refractivity contribution in [2.75, 3.05) is 26.3 Å². The van der Waals surface area contributed by atoms with Crippen LogP contribution in [0.1, 0.15) is 10.4 Å². The number of phenols is 2. The van der Waals surface area contributed by atoms with Crippen molar-refractivity contribution in [1.29, 1.82) is 0 Å². The van der Waals surface area contributed by atoms with Crippen LogP contribution in [-0.4, -0.2) is 59.1 Å². The van der Waals surface area contributed by atoms with Crippen LogP contribution in [0.15, 0.2) is 18.2 Å². The standard InChI is InChI=1S/C13H16N2O5/c14-13(19)10-7-20-4-3-15(10)6-12(18)9-2-1-8(16)5-11(9)17/h1-2,5,10,16-17H,3-4,6-7H2,(H2,14,19). The Kier molecular flexibility index (Phi) is 4.21. The zero-order valence-electron chi connectivity index (χ0n) is 10.8. The van der Waals surface area contributed by atoms with E-state index in [2.05, 4.69) is 0 Å². The number of hydrogen-bond acceptors (Lipinski definition) is 6. The Bertz CT molecular complexity index is 531. The van der Waals surface area contributed by atoms with Crippen molar-refractivity contribution in [3.8, 4) is 11.5 Å². The monoisotopic (exact) mass is 280 g/mol. The number of morpholine rings is 1. The molecule has 1 aliphatic heterocycles. The molecule has 20 heavy (non-hydrogen) atoms. The highest BCUT2D eigenvalue weighted by Crippen LogP contribution is 2.23. The van der Waals surface area contributed by atoms with Gasteiger partial charge in [0.05, 0.1) is 25.3 Å². The highest BCUT2D eigenvalue weighted by atomic mass is 16.5. The Morgan fingerprint density at radius 1 is 1.40 bits per heavy atom. The van der Waals surface area contributed by atoms with Gasteiger partial charge in [-0.05, 0) is 12.1 Å². The third-order valence-corrected chi connectivity index (χ3v) is 3.20. The van der Waals surface area contributed by atoms with Crippen molar-refractivity contribution < 1.29 is 24.5 Å². The minimum atomic E-state index is -0.646. The van der Waals surface area contributed by atoms with E-state index in [0.29, 0.717) is 13.2 Å². The first kappa shape index (κ1) is 14.3. The summed E-state index contributed by atoms with van der Waals surface area (Å²) in [6.07, 6.45) is 0. The lowest BCUT2D eigenvalue weighted by Gasteiger charge is -2.32. The quantitative estimate of drug-likeness (QED) is 0.639. The molecule has 1 aliphatic rings. The van der Waals surface area contributed by atoms with Gasteiger partial charge in [0.25, 0.3) is 0 Å². The maximum Gasteiger partial charge on any atom is 0.237 e. The van der Waals surface area contributed by atoms with Crippen LogP contribution >= 0.6 is 0 Å². The van der Waals surface area contributed by atoms with Gasteiger partial charge in [-0.3, -0.25) is 14.5 Å². The summed E-state index contributed by atoms with van der Waals surface area (Å²) in [6, 6.07) is 3.11. The molecule has 1 aromatic carbocycles. The van der Waals surface area contributed by atoms with Gasteiger partial charge in [0.15, 0.2) is 5.78 Å². The Hall–Kier alpha value is -2.12. The predicted molar refractivity (Wildman–Crippen MR) is 69.5 cm³/mol. The van der Waals surface area contributed by atoms with Gasteiger partial charge in [-0.2, -0.15) is 0 Å². The summed E-state index contributed by atoms with van der Waals surface area (Å²) in [5.74, 6) is -1.32. The topological polar surface area (TPSA) is 113 Å². The highest BCUT2D eigenvalue weighted by molar-refractivity contribution is 6.00. The van der Waals surface area contributed by atoms with Gasteiger partial charge in [0.2, 0.25) is 5.91 Å². The molecule has 108 valence electrons. The summed E-state index contributed by atoms with van der Waals surface area (Å²) >= 11 is 0. The molecule has 1 atom stereocenters. The Balaban J connectivity index is 2.11. The van der Waals surface area contributed by atoms with Gasteiger partial charge in [-0.25, -0.2) is 0 Å². The Labute approximate surface area is 115 Å². The van der Waals surface area contributed by atoms with Crippen LogP contribution < -0.4 is 5.73 Å². The second kappa shape index (κ2) is 5.89. The lowest BCUT2D eigenvalue weighted by atomic mass is 10.1. The molecular formula is C13H16N2O5. The van der Waals surface area contributed by atoms with Gasteiger partial charge in [0.1, 0.15) is 17.5 Å². The van der Waals surface area contributed by atoms with Crippen LogP contribution in [0.5, 0.6) is 11.5 Å². The SMILES string of the molecule is NC(=O)C1COCCN1CC(=O)c1ccc(O)cc1O. The van der Waals surface area contributed by atoms with E-state index in [9.17, 15) is 19.8 Å². The molecule has 1 saturated heterocycles. The molecule has 7 nitrogen and oxygen atoms in total. The number of ketones is 1. The number of nitrogens with zero attached hydrogens (tertiary/aromatic N) is 1. The molecule has 0 spiro atoms. The maximum atomic E-state index is 12.1. The third kappa shape index (κ3) is 3.06. The van der Waals surface area contributed by atoms with Crippen LogP contribution in [0.4, 0.5) is 0 Å². The van der Waals surface area contributed by atoms with E-state index >= 15 is 0 Å². The lowest BCUT2D eigenvalue weighted by molar-refractivity contribution is -0.128. The molecule has 1 fully saturated rings. The van der Waals surface area contributed by atoms with E-state index in [0.717, 1.165) is 6.07 Å². The fraction of sp³-hybridized carbons (Fsp3) is 0.385. The van der Waals surface area contributed by atoms with Gasteiger partial charge >= 0.3 is 0 Å². The minimum Gasteiger partial charge on any atom is -0.508 e. The number of aromatic hydroxyl groups is 2. The van der Waals surface area contributed by atoms with Gasteiger partial charge in [-0.1, -0.05) is 0 Å². The first-order valence-corrected chi connectivity index (χ1v) is 6.15. The van der Waals surface area contributed by atoms with E-state index in [4.69, 9.17) is 10.5 Å². The number of primary amides is 1. The summed E-state index contributed by atoms with van der Waals surface area (Å²) in [7, 11) is 0. The Morgan fingerprint density at radius 3 is 2.80 bits per heavy atom. The van der Waals surface area contributed by atoms with Gasteiger partial charge in [-0.15, -0.1) is 0 Å². The number of ether oxygens (including phenoxy) is 1. The molecule has 0 bridgehead atoms. The predicted octanol–water partition coefficient (Wildman–Crippen LogP) is -0.533. The van der Waals surface area contributed by atoms with E-state index in [-0.39, 0.29) is 36.0 Å². The second-order valence-corrected chi connectivity index (χ2v) is 4.59. The number of hydrogen-bond donors (Lipinski definition) is 3. The number of nitrogens with two attached hydrogens (primary N) is 1. The molecule has 1 unspecified atom stereocenters. The molecule has 0 aromatic heterocycles. The largest absolute Gasteiger partial charge is 0.508 e. The normalized spacial score (nSPS) is 19.7. The number of rotatable bonds is 4. The van der Waals surface area contributed by atoms with Crippen LogP contribution in [-0.2, 0) is 9.53 Å². The second-order valence-electron chi connectivity index (χ2n) is 4.59. The molecule has 1 heterocycles. The van der Waals surface area contributed by atoms with E-state index < -0.39 is 11.9 Å². The summed E-state index contributed by atoms with van der Waals surface area (Å²) in [5.41, 5.74) is 5.36. The minimum absolute atomic E-state index is 0.0463. The van der Waals surface area contributed by atoms with E-state index in [1.165, 1.54) is 12.1 Å². The average Bonchev–Trinajstić information content (AvgIpc) is 2.38. The molecule has 0 radical (unpaired) electrons. The fourth-order valence-corrected chi connectivity index (χ4v) is 2.11. The zero-order chi connectivity index (χ0) is 14.7. The highest BCUT2D eigenvalue weighted by Gasteiger charge is 2.29. The third-order valence-electron chi connectivity index (χ3n) is 3.20. The Morgan fingerprint density at radius 2 is 2.15 bits per heavy atom. The van der Waals surface area contributed by atoms with Crippen molar-refractivity contribution in [3.63, 3.8) is 0 Å². The fourth-order valence-electron chi connectivity index (χ4n) is 2.11. The van der Waals surface area contributed by atoms with Crippen molar-refractivity contribution in [1.82, 2.24) is 4.90 Å². The number of carbonyl (C=O) groups excluding carboxylic acids is 2. The van der Waals surface area contributed by atoms with Crippen molar-refractivity contribution in [2.24, 2.45) is 5.73 Å². The molecule has 1 amide bonds. The van der Waals surface area contributed by atoms with Crippen LogP contribution in [0.25, 0.3) is 0 Å². The molecule has 2 rings (SSSR count). The first-order chi connectivity index (χ1) is 9.49. The number of Topliss-reactive ketones (excluding diaryl/α,β-unsaturated/α-hetero) is 1. The van der Waals surface area contributed by atoms with Gasteiger partial charge < -0.3 is 20.7 Å². The summed E-state index contributed by atoms with van der Waals surface area (Å²) in [4.78, 5) is 25.1. The summed E-state index contributed by atoms with van der Waals surface area (Å²) < 4.78 is 5.16. The zero-order valence-corrected chi connectivity index (χ0v) is 10.8. The number of amides is 1. The number of carbonyl (C=O) groups is 2. The average molecular weight is 280 g/mol. The van der Waals surface area contributed by atoms with Gasteiger partial charge in [0, 0.05) is 12.6 Å². The van der Waals surface area contributed by atoms with Crippen molar-refractivity contribution in [3.05, 3.63) is 23.8 Å². The molecule has 7 heteroatoms. The molecule has 1 aromatic rings. The number of benzene rings is 1. The van der Waals surface area contributed by atoms with E-state index in [1.807, 2.05) is 0 Å². The summed E-state index contributed by atoms with van der Waals surface area (Å²) in [5, 5.41) is 18.8.